The summed E-state index contributed by atoms with van der Waals surface area (Å²) in [6.45, 7) is 15.0. The molecule has 1 heteroatoms. The summed E-state index contributed by atoms with van der Waals surface area (Å²) in [6, 6.07) is 8.83. The van der Waals surface area contributed by atoms with Gasteiger partial charge in [0, 0.05) is 6.61 Å². The van der Waals surface area contributed by atoms with Crippen LogP contribution in [-0.2, 0) is 16.8 Å². The minimum absolute atomic E-state index is 0.222. The molecule has 22 heavy (non-hydrogen) atoms. The third-order valence-electron chi connectivity index (χ3n) is 4.06. The van der Waals surface area contributed by atoms with Gasteiger partial charge in [-0.05, 0) is 55.6 Å². The van der Waals surface area contributed by atoms with Crippen LogP contribution in [0.5, 0.6) is 0 Å². The van der Waals surface area contributed by atoms with Gasteiger partial charge in [-0.3, -0.25) is 0 Å². The molecule has 0 aliphatic rings. The fourth-order valence-corrected chi connectivity index (χ4v) is 2.38. The summed E-state index contributed by atoms with van der Waals surface area (Å²) >= 11 is 0. The lowest BCUT2D eigenvalue weighted by molar-refractivity contribution is 0.108. The zero-order chi connectivity index (χ0) is 16.6. The molecule has 0 heterocycles. The first-order chi connectivity index (χ1) is 10.3. The molecule has 0 bridgehead atoms. The van der Waals surface area contributed by atoms with Crippen LogP contribution in [0.3, 0.4) is 0 Å². The fraction of sp³-hybridized carbons (Fsp3) is 0.619. The minimum Gasteiger partial charge on any atom is -0.377 e. The van der Waals surface area contributed by atoms with Crippen LogP contribution < -0.4 is 0 Å². The van der Waals surface area contributed by atoms with Gasteiger partial charge in [-0.1, -0.05) is 63.6 Å². The molecule has 0 saturated heterocycles. The summed E-state index contributed by atoms with van der Waals surface area (Å²) in [7, 11) is 0. The summed E-state index contributed by atoms with van der Waals surface area (Å²) in [6.07, 6.45) is 5.93. The molecule has 0 radical (unpaired) electrons. The molecule has 1 rings (SSSR count). The highest BCUT2D eigenvalue weighted by Crippen LogP contribution is 2.22. The van der Waals surface area contributed by atoms with Crippen LogP contribution >= 0.6 is 0 Å². The van der Waals surface area contributed by atoms with Crippen LogP contribution in [-0.4, -0.2) is 6.61 Å². The second-order valence-electron chi connectivity index (χ2n) is 7.75. The van der Waals surface area contributed by atoms with Crippen molar-refractivity contribution in [2.75, 3.05) is 6.61 Å². The molecular formula is C21H34O. The second-order valence-corrected chi connectivity index (χ2v) is 7.75. The molecule has 0 aliphatic carbocycles. The van der Waals surface area contributed by atoms with Gasteiger partial charge < -0.3 is 4.74 Å². The van der Waals surface area contributed by atoms with Gasteiger partial charge in [0.2, 0.25) is 0 Å². The highest BCUT2D eigenvalue weighted by atomic mass is 16.5. The smallest absolute Gasteiger partial charge is 0.0716 e. The Hall–Kier alpha value is -1.08. The monoisotopic (exact) mass is 302 g/mol. The third-order valence-corrected chi connectivity index (χ3v) is 4.06. The second kappa shape index (κ2) is 9.15. The predicted octanol–water partition coefficient (Wildman–Crippen LogP) is 6.27. The Morgan fingerprint density at radius 2 is 1.73 bits per heavy atom. The van der Waals surface area contributed by atoms with E-state index in [-0.39, 0.29) is 5.41 Å². The molecule has 1 aromatic carbocycles. The Labute approximate surface area is 137 Å². The van der Waals surface area contributed by atoms with Crippen molar-refractivity contribution in [3.8, 4) is 0 Å². The summed E-state index contributed by atoms with van der Waals surface area (Å²) in [4.78, 5) is 0. The van der Waals surface area contributed by atoms with Gasteiger partial charge in [0.25, 0.3) is 0 Å². The molecule has 1 atom stereocenters. The minimum atomic E-state index is 0.222. The number of allylic oxidation sites excluding steroid dienone is 2. The van der Waals surface area contributed by atoms with Crippen molar-refractivity contribution >= 4 is 0 Å². The molecule has 0 fully saturated rings. The highest BCUT2D eigenvalue weighted by Gasteiger charge is 2.12. The van der Waals surface area contributed by atoms with Crippen molar-refractivity contribution in [2.24, 2.45) is 5.92 Å². The zero-order valence-electron chi connectivity index (χ0n) is 15.4. The molecule has 0 N–H and O–H groups in total. The molecule has 0 saturated carbocycles. The zero-order valence-corrected chi connectivity index (χ0v) is 15.4. The topological polar surface area (TPSA) is 9.23 Å². The van der Waals surface area contributed by atoms with E-state index in [1.807, 2.05) is 0 Å². The molecule has 1 aromatic rings. The normalized spacial score (nSPS) is 13.0. The fourth-order valence-electron chi connectivity index (χ4n) is 2.38. The van der Waals surface area contributed by atoms with Gasteiger partial charge in [-0.25, -0.2) is 0 Å². The van der Waals surface area contributed by atoms with Gasteiger partial charge in [0.05, 0.1) is 6.61 Å². The van der Waals surface area contributed by atoms with Gasteiger partial charge in [0.1, 0.15) is 0 Å². The molecule has 0 spiro atoms. The summed E-state index contributed by atoms with van der Waals surface area (Å²) < 4.78 is 5.83. The van der Waals surface area contributed by atoms with E-state index >= 15 is 0 Å². The first kappa shape index (κ1) is 19.0. The average molecular weight is 303 g/mol. The van der Waals surface area contributed by atoms with E-state index < -0.39 is 0 Å². The largest absolute Gasteiger partial charge is 0.377 e. The molecule has 124 valence electrons. The number of benzene rings is 1. The Bertz CT molecular complexity index is 444. The van der Waals surface area contributed by atoms with Crippen molar-refractivity contribution in [3.05, 3.63) is 47.0 Å². The molecule has 0 aromatic heterocycles. The standard InChI is InChI=1S/C21H34O/c1-17(2)8-7-9-18(3)14-15-22-16-19-10-12-20(13-11-19)21(4,5)6/h8,10-13,18H,7,9,14-16H2,1-6H3. The highest BCUT2D eigenvalue weighted by molar-refractivity contribution is 5.27. The Balaban J connectivity index is 2.23. The average Bonchev–Trinajstić information content (AvgIpc) is 2.43. The Kier molecular flexibility index (Phi) is 7.89. The van der Waals surface area contributed by atoms with Crippen molar-refractivity contribution in [2.45, 2.75) is 72.8 Å². The summed E-state index contributed by atoms with van der Waals surface area (Å²) in [5.41, 5.74) is 4.29. The van der Waals surface area contributed by atoms with E-state index in [1.165, 1.54) is 29.5 Å². The van der Waals surface area contributed by atoms with Crippen molar-refractivity contribution in [1.82, 2.24) is 0 Å². The van der Waals surface area contributed by atoms with Crippen LogP contribution in [0.15, 0.2) is 35.9 Å². The maximum Gasteiger partial charge on any atom is 0.0716 e. The van der Waals surface area contributed by atoms with Crippen LogP contribution in [0.1, 0.15) is 71.9 Å². The molecule has 0 amide bonds. The molecule has 0 aliphatic heterocycles. The maximum absolute atomic E-state index is 5.83. The quantitative estimate of drug-likeness (QED) is 0.406. The van der Waals surface area contributed by atoms with Gasteiger partial charge >= 0.3 is 0 Å². The number of hydrogen-bond acceptors (Lipinski definition) is 1. The van der Waals surface area contributed by atoms with Crippen LogP contribution in [0.25, 0.3) is 0 Å². The summed E-state index contributed by atoms with van der Waals surface area (Å²) in [5, 5.41) is 0. The van der Waals surface area contributed by atoms with E-state index in [2.05, 4.69) is 71.9 Å². The van der Waals surface area contributed by atoms with Crippen LogP contribution in [0, 0.1) is 5.92 Å². The lowest BCUT2D eigenvalue weighted by Gasteiger charge is -2.19. The third kappa shape index (κ3) is 7.79. The van der Waals surface area contributed by atoms with E-state index in [9.17, 15) is 0 Å². The molecule has 1 nitrogen and oxygen atoms in total. The van der Waals surface area contributed by atoms with E-state index in [0.717, 1.165) is 25.6 Å². The lowest BCUT2D eigenvalue weighted by Crippen LogP contribution is -2.10. The van der Waals surface area contributed by atoms with E-state index in [0.29, 0.717) is 0 Å². The Morgan fingerprint density at radius 1 is 1.09 bits per heavy atom. The predicted molar refractivity (Wildman–Crippen MR) is 97.2 cm³/mol. The van der Waals surface area contributed by atoms with Crippen LogP contribution in [0.2, 0.25) is 0 Å². The van der Waals surface area contributed by atoms with Gasteiger partial charge in [0.15, 0.2) is 0 Å². The molecule has 1 unspecified atom stereocenters. The number of ether oxygens (including phenoxy) is 1. The van der Waals surface area contributed by atoms with E-state index in [1.54, 1.807) is 0 Å². The summed E-state index contributed by atoms with van der Waals surface area (Å²) in [5.74, 6) is 0.735. The maximum atomic E-state index is 5.83. The first-order valence-electron chi connectivity index (χ1n) is 8.59. The molecular weight excluding hydrogens is 268 g/mol. The SMILES string of the molecule is CC(C)=CCCC(C)CCOCc1ccc(C(C)(C)C)cc1. The van der Waals surface area contributed by atoms with E-state index in [4.69, 9.17) is 4.74 Å². The number of hydrogen-bond donors (Lipinski definition) is 0. The van der Waals surface area contributed by atoms with Crippen LogP contribution in [0.4, 0.5) is 0 Å². The Morgan fingerprint density at radius 3 is 2.27 bits per heavy atom. The van der Waals surface area contributed by atoms with Gasteiger partial charge in [-0.2, -0.15) is 0 Å². The van der Waals surface area contributed by atoms with Crippen molar-refractivity contribution < 1.29 is 4.74 Å². The van der Waals surface area contributed by atoms with Gasteiger partial charge in [-0.15, -0.1) is 0 Å². The lowest BCUT2D eigenvalue weighted by atomic mass is 9.87. The first-order valence-corrected chi connectivity index (χ1v) is 8.59. The van der Waals surface area contributed by atoms with Crippen molar-refractivity contribution in [3.63, 3.8) is 0 Å². The van der Waals surface area contributed by atoms with Crippen molar-refractivity contribution in [1.29, 1.82) is 0 Å². The number of rotatable bonds is 8.